The van der Waals surface area contributed by atoms with Gasteiger partial charge in [-0.15, -0.1) is 0 Å². The van der Waals surface area contributed by atoms with Crippen LogP contribution in [0, 0.1) is 5.92 Å². The van der Waals surface area contributed by atoms with Gasteiger partial charge in [0.25, 0.3) is 0 Å². The lowest BCUT2D eigenvalue weighted by Crippen LogP contribution is -2.30. The molecule has 1 amide bonds. The minimum atomic E-state index is 0.247. The Morgan fingerprint density at radius 1 is 0.889 bits per heavy atom. The molecule has 0 unspecified atom stereocenters. The molecule has 0 aliphatic carbocycles. The van der Waals surface area contributed by atoms with E-state index in [4.69, 9.17) is 0 Å². The SMILES string of the molecule is CC(C)=CCC[C@H](C)CCC(=O)N(Cc1ccccc1)Cc1ccccc1. The van der Waals surface area contributed by atoms with Crippen LogP contribution < -0.4 is 0 Å². The van der Waals surface area contributed by atoms with E-state index in [9.17, 15) is 4.79 Å². The number of hydrogen-bond acceptors (Lipinski definition) is 1. The minimum Gasteiger partial charge on any atom is -0.334 e. The molecule has 0 bridgehead atoms. The largest absolute Gasteiger partial charge is 0.334 e. The molecule has 0 heterocycles. The Morgan fingerprint density at radius 3 is 1.89 bits per heavy atom. The van der Waals surface area contributed by atoms with Gasteiger partial charge in [-0.1, -0.05) is 79.2 Å². The van der Waals surface area contributed by atoms with E-state index in [1.807, 2.05) is 41.3 Å². The highest BCUT2D eigenvalue weighted by atomic mass is 16.2. The van der Waals surface area contributed by atoms with Gasteiger partial charge in [0.2, 0.25) is 5.91 Å². The molecule has 0 N–H and O–H groups in total. The predicted octanol–water partition coefficient (Wildman–Crippen LogP) is 6.38. The first kappa shape index (κ1) is 21.0. The van der Waals surface area contributed by atoms with Gasteiger partial charge in [0, 0.05) is 19.5 Å². The standard InChI is InChI=1S/C25H33NO/c1-21(2)11-10-12-22(3)17-18-25(27)26(19-23-13-6-4-7-14-23)20-24-15-8-5-9-16-24/h4-9,11,13-16,22H,10,12,17-20H2,1-3H3/t22-/m0/s1. The Morgan fingerprint density at radius 2 is 1.41 bits per heavy atom. The number of nitrogens with zero attached hydrogens (tertiary/aromatic N) is 1. The zero-order chi connectivity index (χ0) is 19.5. The molecular formula is C25H33NO. The van der Waals surface area contributed by atoms with Crippen LogP contribution in [0.15, 0.2) is 72.3 Å². The zero-order valence-corrected chi connectivity index (χ0v) is 17.0. The summed E-state index contributed by atoms with van der Waals surface area (Å²) in [6.07, 6.45) is 6.12. The number of carbonyl (C=O) groups is 1. The number of rotatable bonds is 10. The van der Waals surface area contributed by atoms with E-state index in [0.29, 0.717) is 25.4 Å². The fourth-order valence-corrected chi connectivity index (χ4v) is 3.17. The Kier molecular flexibility index (Phi) is 8.83. The number of carbonyl (C=O) groups excluding carboxylic acids is 1. The van der Waals surface area contributed by atoms with Crippen molar-refractivity contribution in [2.45, 2.75) is 59.5 Å². The van der Waals surface area contributed by atoms with Gasteiger partial charge >= 0.3 is 0 Å². The molecule has 2 aromatic carbocycles. The molecule has 0 radical (unpaired) electrons. The van der Waals surface area contributed by atoms with Gasteiger partial charge in [0.1, 0.15) is 0 Å². The van der Waals surface area contributed by atoms with E-state index in [2.05, 4.69) is 51.1 Å². The quantitative estimate of drug-likeness (QED) is 0.449. The van der Waals surface area contributed by atoms with E-state index in [1.165, 1.54) is 16.7 Å². The predicted molar refractivity (Wildman–Crippen MR) is 114 cm³/mol. The molecule has 0 aromatic heterocycles. The molecule has 0 aliphatic heterocycles. The van der Waals surface area contributed by atoms with Gasteiger partial charge in [-0.3, -0.25) is 4.79 Å². The van der Waals surface area contributed by atoms with E-state index >= 15 is 0 Å². The molecule has 0 aliphatic rings. The molecule has 144 valence electrons. The van der Waals surface area contributed by atoms with Crippen LogP contribution in [0.25, 0.3) is 0 Å². The molecule has 0 fully saturated rings. The highest BCUT2D eigenvalue weighted by molar-refractivity contribution is 5.76. The smallest absolute Gasteiger partial charge is 0.223 e. The summed E-state index contributed by atoms with van der Waals surface area (Å²) >= 11 is 0. The molecule has 0 spiro atoms. The third-order valence-corrected chi connectivity index (χ3v) is 4.85. The second-order valence-corrected chi connectivity index (χ2v) is 7.72. The van der Waals surface area contributed by atoms with Crippen LogP contribution in [-0.2, 0) is 17.9 Å². The minimum absolute atomic E-state index is 0.247. The number of hydrogen-bond donors (Lipinski definition) is 0. The van der Waals surface area contributed by atoms with Crippen LogP contribution in [0.5, 0.6) is 0 Å². The van der Waals surface area contributed by atoms with Crippen molar-refractivity contribution >= 4 is 5.91 Å². The Labute approximate surface area is 164 Å². The van der Waals surface area contributed by atoms with Crippen molar-refractivity contribution in [1.29, 1.82) is 0 Å². The summed E-state index contributed by atoms with van der Waals surface area (Å²) in [5.41, 5.74) is 3.73. The second-order valence-electron chi connectivity index (χ2n) is 7.72. The van der Waals surface area contributed by atoms with Crippen molar-refractivity contribution in [2.75, 3.05) is 0 Å². The van der Waals surface area contributed by atoms with Crippen molar-refractivity contribution in [3.8, 4) is 0 Å². The van der Waals surface area contributed by atoms with Gasteiger partial charge in [-0.25, -0.2) is 0 Å². The fraction of sp³-hybridized carbons (Fsp3) is 0.400. The van der Waals surface area contributed by atoms with Crippen LogP contribution in [0.4, 0.5) is 0 Å². The average molecular weight is 364 g/mol. The van der Waals surface area contributed by atoms with Crippen molar-refractivity contribution in [1.82, 2.24) is 4.90 Å². The molecule has 27 heavy (non-hydrogen) atoms. The van der Waals surface area contributed by atoms with Crippen molar-refractivity contribution in [2.24, 2.45) is 5.92 Å². The summed E-state index contributed by atoms with van der Waals surface area (Å²) < 4.78 is 0. The van der Waals surface area contributed by atoms with Gasteiger partial charge in [0.05, 0.1) is 0 Å². The lowest BCUT2D eigenvalue weighted by molar-refractivity contribution is -0.132. The molecule has 2 heteroatoms. The maximum Gasteiger partial charge on any atom is 0.223 e. The number of amides is 1. The fourth-order valence-electron chi connectivity index (χ4n) is 3.17. The van der Waals surface area contributed by atoms with Crippen LogP contribution in [-0.4, -0.2) is 10.8 Å². The number of allylic oxidation sites excluding steroid dienone is 2. The van der Waals surface area contributed by atoms with Crippen molar-refractivity contribution in [3.63, 3.8) is 0 Å². The maximum absolute atomic E-state index is 13.0. The monoisotopic (exact) mass is 363 g/mol. The van der Waals surface area contributed by atoms with Crippen LogP contribution in [0.2, 0.25) is 0 Å². The Bertz CT molecular complexity index is 660. The summed E-state index contributed by atoms with van der Waals surface area (Å²) in [6.45, 7) is 7.87. The second kappa shape index (κ2) is 11.4. The molecular weight excluding hydrogens is 330 g/mol. The van der Waals surface area contributed by atoms with Crippen LogP contribution >= 0.6 is 0 Å². The molecule has 2 aromatic rings. The van der Waals surface area contributed by atoms with E-state index in [0.717, 1.165) is 19.3 Å². The summed E-state index contributed by atoms with van der Waals surface area (Å²) in [5.74, 6) is 0.816. The lowest BCUT2D eigenvalue weighted by atomic mass is 9.98. The normalized spacial score (nSPS) is 11.7. The first-order valence-electron chi connectivity index (χ1n) is 10.0. The summed E-state index contributed by atoms with van der Waals surface area (Å²) in [6, 6.07) is 20.5. The summed E-state index contributed by atoms with van der Waals surface area (Å²) in [4.78, 5) is 14.9. The molecule has 1 atom stereocenters. The summed E-state index contributed by atoms with van der Waals surface area (Å²) in [7, 11) is 0. The Balaban J connectivity index is 1.94. The van der Waals surface area contributed by atoms with Crippen LogP contribution in [0.1, 0.15) is 57.6 Å². The maximum atomic E-state index is 13.0. The van der Waals surface area contributed by atoms with E-state index in [-0.39, 0.29) is 5.91 Å². The topological polar surface area (TPSA) is 20.3 Å². The molecule has 0 saturated carbocycles. The molecule has 2 rings (SSSR count). The van der Waals surface area contributed by atoms with Gasteiger partial charge < -0.3 is 4.90 Å². The van der Waals surface area contributed by atoms with Crippen molar-refractivity contribution in [3.05, 3.63) is 83.4 Å². The highest BCUT2D eigenvalue weighted by Crippen LogP contribution is 2.17. The third kappa shape index (κ3) is 8.25. The molecule has 0 saturated heterocycles. The van der Waals surface area contributed by atoms with E-state index < -0.39 is 0 Å². The average Bonchev–Trinajstić information content (AvgIpc) is 2.67. The van der Waals surface area contributed by atoms with Crippen molar-refractivity contribution < 1.29 is 4.79 Å². The van der Waals surface area contributed by atoms with Gasteiger partial charge in [0.15, 0.2) is 0 Å². The lowest BCUT2D eigenvalue weighted by Gasteiger charge is -2.24. The highest BCUT2D eigenvalue weighted by Gasteiger charge is 2.16. The molecule has 2 nitrogen and oxygen atoms in total. The first-order chi connectivity index (χ1) is 13.0. The van der Waals surface area contributed by atoms with Gasteiger partial charge in [-0.05, 0) is 50.2 Å². The number of benzene rings is 2. The zero-order valence-electron chi connectivity index (χ0n) is 17.0. The van der Waals surface area contributed by atoms with Crippen LogP contribution in [0.3, 0.4) is 0 Å². The Hall–Kier alpha value is -2.35. The summed E-state index contributed by atoms with van der Waals surface area (Å²) in [5, 5.41) is 0. The third-order valence-electron chi connectivity index (χ3n) is 4.85. The van der Waals surface area contributed by atoms with E-state index in [1.54, 1.807) is 0 Å². The first-order valence-corrected chi connectivity index (χ1v) is 10.0. The van der Waals surface area contributed by atoms with Gasteiger partial charge in [-0.2, -0.15) is 0 Å².